The number of allylic oxidation sites excluding steroid dienone is 2. The largest absolute Gasteiger partial charge is 0.507 e. The molecule has 0 spiro atoms. The second-order valence-electron chi connectivity index (χ2n) is 15.6. The van der Waals surface area contributed by atoms with Crippen LogP contribution in [0.4, 0.5) is 11.5 Å². The van der Waals surface area contributed by atoms with E-state index in [1.807, 2.05) is 36.5 Å². The van der Waals surface area contributed by atoms with Gasteiger partial charge in [0.2, 0.25) is 0 Å². The average Bonchev–Trinajstić information content (AvgIpc) is 3.15. The summed E-state index contributed by atoms with van der Waals surface area (Å²) in [6.07, 6.45) is 8.06. The Labute approximate surface area is 308 Å². The van der Waals surface area contributed by atoms with Crippen LogP contribution in [0.1, 0.15) is 52.7 Å². The van der Waals surface area contributed by atoms with E-state index in [4.69, 9.17) is 4.98 Å². The van der Waals surface area contributed by atoms with Gasteiger partial charge in [-0.3, -0.25) is 0 Å². The van der Waals surface area contributed by atoms with E-state index < -0.39 is 0 Å². The van der Waals surface area contributed by atoms with Gasteiger partial charge in [-0.1, -0.05) is 139 Å². The molecule has 1 aliphatic heterocycles. The highest BCUT2D eigenvalue weighted by molar-refractivity contribution is 5.85. The maximum atomic E-state index is 11.1. The molecule has 4 nitrogen and oxygen atoms in total. The van der Waals surface area contributed by atoms with Crippen LogP contribution in [0.25, 0.3) is 44.6 Å². The number of anilines is 2. The molecule has 7 rings (SSSR count). The number of hydrogen-bond acceptors (Lipinski definition) is 4. The number of phenols is 1. The molecule has 52 heavy (non-hydrogen) atoms. The topological polar surface area (TPSA) is 48.4 Å². The van der Waals surface area contributed by atoms with E-state index in [2.05, 4.69) is 167 Å². The van der Waals surface area contributed by atoms with Crippen molar-refractivity contribution in [1.82, 2.24) is 10.3 Å². The molecule has 2 heterocycles. The van der Waals surface area contributed by atoms with Gasteiger partial charge in [0.1, 0.15) is 17.7 Å². The summed E-state index contributed by atoms with van der Waals surface area (Å²) in [5.74, 6) is 1.07. The standard InChI is InChI=1S/C48H47N3O/c1-47(2,3)38-30-35(31-39(32-38)48(4,5)6)34-27-36(41-20-11-13-23-44(41)52)29-37(28-34)42-21-16-25-46(50-42)51(45-24-14-15-26-49-45)43-22-12-10-19-40(43)33-17-8-7-9-18-33/h7-32,45,49,52H,1-6H3. The molecular weight excluding hydrogens is 635 g/mol. The lowest BCUT2D eigenvalue weighted by atomic mass is 9.78. The van der Waals surface area contributed by atoms with Gasteiger partial charge in [-0.25, -0.2) is 4.98 Å². The van der Waals surface area contributed by atoms with E-state index in [9.17, 15) is 5.11 Å². The minimum atomic E-state index is -0.156. The van der Waals surface area contributed by atoms with Gasteiger partial charge in [-0.05, 0) is 105 Å². The van der Waals surface area contributed by atoms with Crippen molar-refractivity contribution in [3.63, 3.8) is 0 Å². The Hall–Kier alpha value is -5.87. The lowest BCUT2D eigenvalue weighted by molar-refractivity contribution is 0.477. The summed E-state index contributed by atoms with van der Waals surface area (Å²) in [5, 5.41) is 14.6. The molecule has 0 saturated carbocycles. The molecule has 260 valence electrons. The zero-order valence-electron chi connectivity index (χ0n) is 30.9. The zero-order chi connectivity index (χ0) is 36.5. The fraction of sp³-hybridized carbons (Fsp3) is 0.188. The van der Waals surface area contributed by atoms with Gasteiger partial charge < -0.3 is 15.3 Å². The number of rotatable bonds is 7. The van der Waals surface area contributed by atoms with Gasteiger partial charge in [0.15, 0.2) is 0 Å². The molecule has 1 aromatic heterocycles. The highest BCUT2D eigenvalue weighted by Crippen LogP contribution is 2.41. The summed E-state index contributed by atoms with van der Waals surface area (Å²) in [6, 6.07) is 46.4. The number of pyridine rings is 1. The molecule has 0 bridgehead atoms. The maximum absolute atomic E-state index is 11.1. The normalized spacial score (nSPS) is 14.2. The molecule has 0 fully saturated rings. The first-order valence-corrected chi connectivity index (χ1v) is 18.1. The molecule has 0 radical (unpaired) electrons. The van der Waals surface area contributed by atoms with Crippen LogP contribution in [0.15, 0.2) is 158 Å². The predicted molar refractivity (Wildman–Crippen MR) is 219 cm³/mol. The lowest BCUT2D eigenvalue weighted by Crippen LogP contribution is -2.40. The van der Waals surface area contributed by atoms with E-state index in [0.29, 0.717) is 0 Å². The van der Waals surface area contributed by atoms with Gasteiger partial charge in [-0.15, -0.1) is 0 Å². The molecule has 0 amide bonds. The quantitative estimate of drug-likeness (QED) is 0.176. The van der Waals surface area contributed by atoms with Gasteiger partial charge in [0.05, 0.1) is 11.4 Å². The Kier molecular flexibility index (Phi) is 9.33. The summed E-state index contributed by atoms with van der Waals surface area (Å²) < 4.78 is 0. The fourth-order valence-electron chi connectivity index (χ4n) is 6.75. The maximum Gasteiger partial charge on any atom is 0.135 e. The Morgan fingerprint density at radius 3 is 1.85 bits per heavy atom. The molecule has 0 saturated heterocycles. The first kappa shape index (κ1) is 34.6. The third-order valence-corrected chi connectivity index (χ3v) is 9.72. The minimum absolute atomic E-state index is 0.0275. The number of phenolic OH excluding ortho intramolecular Hbond substituents is 1. The van der Waals surface area contributed by atoms with Crippen LogP contribution in [0.5, 0.6) is 5.75 Å². The third-order valence-electron chi connectivity index (χ3n) is 9.72. The predicted octanol–water partition coefficient (Wildman–Crippen LogP) is 12.2. The van der Waals surface area contributed by atoms with Crippen LogP contribution in [0, 0.1) is 0 Å². The van der Waals surface area contributed by atoms with Crippen molar-refractivity contribution in [2.24, 2.45) is 0 Å². The monoisotopic (exact) mass is 681 g/mol. The van der Waals surface area contributed by atoms with Crippen LogP contribution in [0.2, 0.25) is 0 Å². The van der Waals surface area contributed by atoms with Crippen molar-refractivity contribution >= 4 is 11.5 Å². The van der Waals surface area contributed by atoms with Crippen molar-refractivity contribution in [3.8, 4) is 50.4 Å². The Balaban J connectivity index is 1.42. The van der Waals surface area contributed by atoms with Crippen molar-refractivity contribution in [3.05, 3.63) is 169 Å². The summed E-state index contributed by atoms with van der Waals surface area (Å²) in [4.78, 5) is 7.67. The van der Waals surface area contributed by atoms with E-state index in [1.165, 1.54) is 11.1 Å². The lowest BCUT2D eigenvalue weighted by Gasteiger charge is -2.34. The average molecular weight is 682 g/mol. The van der Waals surface area contributed by atoms with Gasteiger partial charge in [-0.2, -0.15) is 0 Å². The van der Waals surface area contributed by atoms with Gasteiger partial charge in [0.25, 0.3) is 0 Å². The smallest absolute Gasteiger partial charge is 0.135 e. The van der Waals surface area contributed by atoms with Crippen molar-refractivity contribution in [2.45, 2.75) is 58.5 Å². The summed E-state index contributed by atoms with van der Waals surface area (Å²) in [6.45, 7) is 13.6. The van der Waals surface area contributed by atoms with E-state index >= 15 is 0 Å². The molecule has 4 heteroatoms. The summed E-state index contributed by atoms with van der Waals surface area (Å²) in [5.41, 5.74) is 11.6. The molecule has 6 aromatic rings. The number of dihydropyridines is 1. The van der Waals surface area contributed by atoms with Crippen LogP contribution in [-0.4, -0.2) is 16.3 Å². The van der Waals surface area contributed by atoms with E-state index in [-0.39, 0.29) is 22.7 Å². The first-order valence-electron chi connectivity index (χ1n) is 18.1. The van der Waals surface area contributed by atoms with E-state index in [1.54, 1.807) is 6.07 Å². The van der Waals surface area contributed by atoms with Crippen LogP contribution in [-0.2, 0) is 10.8 Å². The zero-order valence-corrected chi connectivity index (χ0v) is 30.9. The minimum Gasteiger partial charge on any atom is -0.507 e. The summed E-state index contributed by atoms with van der Waals surface area (Å²) in [7, 11) is 0. The Morgan fingerprint density at radius 1 is 0.558 bits per heavy atom. The first-order chi connectivity index (χ1) is 25.0. The highest BCUT2D eigenvalue weighted by Gasteiger charge is 2.25. The van der Waals surface area contributed by atoms with Gasteiger partial charge in [0, 0.05) is 16.7 Å². The summed E-state index contributed by atoms with van der Waals surface area (Å²) >= 11 is 0. The molecule has 5 aromatic carbocycles. The molecule has 1 aliphatic rings. The van der Waals surface area contributed by atoms with Gasteiger partial charge >= 0.3 is 0 Å². The van der Waals surface area contributed by atoms with Crippen molar-refractivity contribution in [1.29, 1.82) is 0 Å². The number of hydrogen-bond donors (Lipinski definition) is 2. The molecule has 1 unspecified atom stereocenters. The third kappa shape index (κ3) is 7.29. The molecule has 0 aliphatic carbocycles. The number of nitrogens with zero attached hydrogens (tertiary/aromatic N) is 2. The fourth-order valence-corrected chi connectivity index (χ4v) is 6.75. The number of para-hydroxylation sites is 2. The number of aromatic hydroxyl groups is 1. The Morgan fingerprint density at radius 2 is 1.17 bits per heavy atom. The van der Waals surface area contributed by atoms with E-state index in [0.717, 1.165) is 56.1 Å². The van der Waals surface area contributed by atoms with Crippen molar-refractivity contribution in [2.75, 3.05) is 4.90 Å². The van der Waals surface area contributed by atoms with Crippen LogP contribution in [0.3, 0.4) is 0 Å². The highest BCUT2D eigenvalue weighted by atomic mass is 16.3. The molecular formula is C48H47N3O. The Bertz CT molecular complexity index is 2240. The molecule has 2 N–H and O–H groups in total. The molecule has 1 atom stereocenters. The van der Waals surface area contributed by atoms with Crippen LogP contribution < -0.4 is 10.2 Å². The van der Waals surface area contributed by atoms with Crippen molar-refractivity contribution < 1.29 is 5.11 Å². The number of aromatic nitrogens is 1. The second kappa shape index (κ2) is 14.0. The van der Waals surface area contributed by atoms with Crippen LogP contribution >= 0.6 is 0 Å². The number of nitrogens with one attached hydrogen (secondary N) is 1. The second-order valence-corrected chi connectivity index (χ2v) is 15.6. The number of benzene rings is 5. The SMILES string of the molecule is CC(C)(C)c1cc(-c2cc(-c3cccc(N(c4ccccc4-c4ccccc4)C4C=CC=CN4)n3)cc(-c3ccccc3O)c2)cc(C(C)(C)C)c1.